The predicted molar refractivity (Wildman–Crippen MR) is 67.6 cm³/mol. The van der Waals surface area contributed by atoms with Crippen molar-refractivity contribution in [2.75, 3.05) is 11.9 Å². The highest BCUT2D eigenvalue weighted by atomic mass is 16.2. The lowest BCUT2D eigenvalue weighted by molar-refractivity contribution is -0.124. The molecule has 1 fully saturated rings. The van der Waals surface area contributed by atoms with Crippen molar-refractivity contribution in [1.29, 1.82) is 0 Å². The Kier molecular flexibility index (Phi) is 3.43. The van der Waals surface area contributed by atoms with Crippen LogP contribution in [0.5, 0.6) is 0 Å². The molecule has 0 aromatic carbocycles. The first kappa shape index (κ1) is 12.0. The molecule has 17 heavy (non-hydrogen) atoms. The number of carbonyl (C=O) groups excluding carboxylic acids is 1. The molecule has 0 unspecified atom stereocenters. The van der Waals surface area contributed by atoms with Gasteiger partial charge in [0.05, 0.1) is 17.3 Å². The lowest BCUT2D eigenvalue weighted by Crippen LogP contribution is -2.40. The van der Waals surface area contributed by atoms with Crippen LogP contribution >= 0.6 is 0 Å². The zero-order valence-corrected chi connectivity index (χ0v) is 10.2. The minimum absolute atomic E-state index is 0.0462. The molecule has 1 saturated carbocycles. The second kappa shape index (κ2) is 4.84. The lowest BCUT2D eigenvalue weighted by Gasteiger charge is -2.25. The number of amides is 1. The average Bonchev–Trinajstić information content (AvgIpc) is 2.78. The molecular weight excluding hydrogens is 214 g/mol. The van der Waals surface area contributed by atoms with Gasteiger partial charge in [-0.2, -0.15) is 0 Å². The maximum absolute atomic E-state index is 12.3. The third-order valence-electron chi connectivity index (χ3n) is 3.57. The van der Waals surface area contributed by atoms with Crippen LogP contribution in [0.3, 0.4) is 0 Å². The average molecular weight is 233 g/mol. The topological polar surface area (TPSA) is 68.0 Å². The van der Waals surface area contributed by atoms with Gasteiger partial charge in [-0.3, -0.25) is 9.78 Å². The molecule has 0 spiro atoms. The van der Waals surface area contributed by atoms with Gasteiger partial charge in [0.1, 0.15) is 0 Å². The monoisotopic (exact) mass is 233 g/mol. The molecule has 4 heteroatoms. The summed E-state index contributed by atoms with van der Waals surface area (Å²) in [5.41, 5.74) is 7.22. The summed E-state index contributed by atoms with van der Waals surface area (Å²) in [4.78, 5) is 16.3. The molecule has 0 bridgehead atoms. The molecule has 92 valence electrons. The van der Waals surface area contributed by atoms with Crippen molar-refractivity contribution in [3.05, 3.63) is 24.0 Å². The molecular formula is C13H19N3O. The Bertz CT molecular complexity index is 411. The molecule has 2 rings (SSSR count). The Hall–Kier alpha value is -1.42. The van der Waals surface area contributed by atoms with Gasteiger partial charge in [0, 0.05) is 12.7 Å². The summed E-state index contributed by atoms with van der Waals surface area (Å²) in [7, 11) is 0. The molecule has 1 aliphatic carbocycles. The van der Waals surface area contributed by atoms with Crippen molar-refractivity contribution in [2.45, 2.75) is 32.6 Å². The molecule has 0 atom stereocenters. The van der Waals surface area contributed by atoms with Crippen LogP contribution in [0.2, 0.25) is 0 Å². The molecule has 0 radical (unpaired) electrons. The number of nitrogens with two attached hydrogens (primary N) is 1. The number of nitrogens with zero attached hydrogens (tertiary/aromatic N) is 1. The van der Waals surface area contributed by atoms with Crippen LogP contribution in [0.25, 0.3) is 0 Å². The van der Waals surface area contributed by atoms with Crippen molar-refractivity contribution in [1.82, 2.24) is 4.98 Å². The van der Waals surface area contributed by atoms with Crippen LogP contribution in [-0.4, -0.2) is 17.4 Å². The largest absolute Gasteiger partial charge is 0.329 e. The van der Waals surface area contributed by atoms with Gasteiger partial charge >= 0.3 is 0 Å². The Labute approximate surface area is 102 Å². The number of aryl methyl sites for hydroxylation is 1. The first-order chi connectivity index (χ1) is 8.16. The van der Waals surface area contributed by atoms with Gasteiger partial charge in [0.2, 0.25) is 5.91 Å². The number of pyridine rings is 1. The van der Waals surface area contributed by atoms with Crippen molar-refractivity contribution >= 4 is 11.6 Å². The number of hydrogen-bond donors (Lipinski definition) is 2. The van der Waals surface area contributed by atoms with Crippen LogP contribution < -0.4 is 11.1 Å². The molecule has 1 aliphatic rings. The fraction of sp³-hybridized carbons (Fsp3) is 0.538. The van der Waals surface area contributed by atoms with E-state index in [1.165, 1.54) is 0 Å². The zero-order chi connectivity index (χ0) is 12.3. The van der Waals surface area contributed by atoms with E-state index >= 15 is 0 Å². The summed E-state index contributed by atoms with van der Waals surface area (Å²) in [6.45, 7) is 2.38. The fourth-order valence-electron chi connectivity index (χ4n) is 2.46. The lowest BCUT2D eigenvalue weighted by atomic mass is 9.85. The zero-order valence-electron chi connectivity index (χ0n) is 10.2. The van der Waals surface area contributed by atoms with Crippen LogP contribution in [-0.2, 0) is 4.79 Å². The molecule has 0 aliphatic heterocycles. The third-order valence-corrected chi connectivity index (χ3v) is 3.57. The second-order valence-corrected chi connectivity index (χ2v) is 4.90. The SMILES string of the molecule is Cc1cncc(NC(=O)C2(CN)CCCC2)c1. The smallest absolute Gasteiger partial charge is 0.231 e. The minimum Gasteiger partial charge on any atom is -0.329 e. The number of nitrogens with one attached hydrogen (secondary N) is 1. The number of aromatic nitrogens is 1. The van der Waals surface area contributed by atoms with E-state index in [0.717, 1.165) is 36.9 Å². The summed E-state index contributed by atoms with van der Waals surface area (Å²) in [6, 6.07) is 1.92. The summed E-state index contributed by atoms with van der Waals surface area (Å²) in [5.74, 6) is 0.0462. The van der Waals surface area contributed by atoms with Crippen molar-refractivity contribution in [3.8, 4) is 0 Å². The van der Waals surface area contributed by atoms with Gasteiger partial charge < -0.3 is 11.1 Å². The van der Waals surface area contributed by atoms with E-state index in [-0.39, 0.29) is 11.3 Å². The van der Waals surface area contributed by atoms with Crippen molar-refractivity contribution in [2.24, 2.45) is 11.1 Å². The minimum atomic E-state index is -0.357. The Morgan fingerprint density at radius 2 is 2.18 bits per heavy atom. The molecule has 1 amide bonds. The quantitative estimate of drug-likeness (QED) is 0.837. The number of anilines is 1. The van der Waals surface area contributed by atoms with Crippen LogP contribution in [0.4, 0.5) is 5.69 Å². The normalized spacial score (nSPS) is 18.0. The van der Waals surface area contributed by atoms with E-state index in [1.54, 1.807) is 12.4 Å². The summed E-state index contributed by atoms with van der Waals surface area (Å²) >= 11 is 0. The van der Waals surface area contributed by atoms with Gasteiger partial charge in [-0.15, -0.1) is 0 Å². The van der Waals surface area contributed by atoms with Gasteiger partial charge in [0.25, 0.3) is 0 Å². The van der Waals surface area contributed by atoms with Crippen molar-refractivity contribution < 1.29 is 4.79 Å². The van der Waals surface area contributed by atoms with Gasteiger partial charge in [-0.1, -0.05) is 12.8 Å². The molecule has 1 heterocycles. The third kappa shape index (κ3) is 2.47. The van der Waals surface area contributed by atoms with E-state index in [1.807, 2.05) is 13.0 Å². The fourth-order valence-corrected chi connectivity index (χ4v) is 2.46. The van der Waals surface area contributed by atoms with E-state index in [9.17, 15) is 4.79 Å². The van der Waals surface area contributed by atoms with Crippen LogP contribution in [0.1, 0.15) is 31.2 Å². The number of carbonyl (C=O) groups is 1. The predicted octanol–water partition coefficient (Wildman–Crippen LogP) is 1.85. The maximum Gasteiger partial charge on any atom is 0.231 e. The molecule has 3 N–H and O–H groups in total. The van der Waals surface area contributed by atoms with Crippen LogP contribution in [0, 0.1) is 12.3 Å². The van der Waals surface area contributed by atoms with Gasteiger partial charge in [0.15, 0.2) is 0 Å². The highest BCUT2D eigenvalue weighted by Gasteiger charge is 2.39. The first-order valence-electron chi connectivity index (χ1n) is 6.09. The molecule has 0 saturated heterocycles. The molecule has 1 aromatic heterocycles. The first-order valence-corrected chi connectivity index (χ1v) is 6.09. The van der Waals surface area contributed by atoms with E-state index in [4.69, 9.17) is 5.73 Å². The highest BCUT2D eigenvalue weighted by Crippen LogP contribution is 2.38. The van der Waals surface area contributed by atoms with Crippen LogP contribution in [0.15, 0.2) is 18.5 Å². The van der Waals surface area contributed by atoms with Gasteiger partial charge in [-0.05, 0) is 31.4 Å². The van der Waals surface area contributed by atoms with Gasteiger partial charge in [-0.25, -0.2) is 0 Å². The summed E-state index contributed by atoms with van der Waals surface area (Å²) in [5, 5.41) is 2.94. The molecule has 1 aromatic rings. The number of rotatable bonds is 3. The Morgan fingerprint density at radius 3 is 2.76 bits per heavy atom. The Balaban J connectivity index is 2.10. The highest BCUT2D eigenvalue weighted by molar-refractivity contribution is 5.95. The number of hydrogen-bond acceptors (Lipinski definition) is 3. The summed E-state index contributed by atoms with van der Waals surface area (Å²) in [6.07, 6.45) is 7.42. The standard InChI is InChI=1S/C13H19N3O/c1-10-6-11(8-15-7-10)16-12(17)13(9-14)4-2-3-5-13/h6-8H,2-5,9,14H2,1H3,(H,16,17). The van der Waals surface area contributed by atoms with Crippen molar-refractivity contribution in [3.63, 3.8) is 0 Å². The second-order valence-electron chi connectivity index (χ2n) is 4.90. The van der Waals surface area contributed by atoms with E-state index in [2.05, 4.69) is 10.3 Å². The maximum atomic E-state index is 12.3. The van der Waals surface area contributed by atoms with E-state index < -0.39 is 0 Å². The summed E-state index contributed by atoms with van der Waals surface area (Å²) < 4.78 is 0. The molecule has 4 nitrogen and oxygen atoms in total. The Morgan fingerprint density at radius 1 is 1.47 bits per heavy atom. The van der Waals surface area contributed by atoms with E-state index in [0.29, 0.717) is 6.54 Å².